The number of halogens is 1. The maximum absolute atomic E-state index is 12.5. The monoisotopic (exact) mass is 544 g/mol. The van der Waals surface area contributed by atoms with Gasteiger partial charge < -0.3 is 20.1 Å². The average Bonchev–Trinajstić information content (AvgIpc) is 3.03. The number of nitrogens with zero attached hydrogens (tertiary/aromatic N) is 2. The molecule has 36 heavy (non-hydrogen) atoms. The number of anilines is 1. The lowest BCUT2D eigenvalue weighted by atomic mass is 9.93. The summed E-state index contributed by atoms with van der Waals surface area (Å²) in [4.78, 5) is 28.2. The maximum Gasteiger partial charge on any atom is 0.410 e. The summed E-state index contributed by atoms with van der Waals surface area (Å²) in [5, 5.41) is 16.2. The zero-order valence-corrected chi connectivity index (χ0v) is 23.1. The summed E-state index contributed by atoms with van der Waals surface area (Å²) in [6, 6.07) is 4.68. The van der Waals surface area contributed by atoms with Gasteiger partial charge in [0.05, 0.1) is 5.57 Å². The number of nitrogens with one attached hydrogen (secondary N) is 1. The van der Waals surface area contributed by atoms with Crippen molar-refractivity contribution in [1.29, 1.82) is 0 Å². The highest BCUT2D eigenvalue weighted by Crippen LogP contribution is 2.36. The molecule has 1 aromatic rings. The van der Waals surface area contributed by atoms with Crippen molar-refractivity contribution in [2.24, 2.45) is 11.1 Å². The van der Waals surface area contributed by atoms with Gasteiger partial charge in [0.2, 0.25) is 0 Å². The number of carboxylic acid groups (broad SMARTS) is 1. The second-order valence-corrected chi connectivity index (χ2v) is 12.1. The predicted molar refractivity (Wildman–Crippen MR) is 140 cm³/mol. The van der Waals surface area contributed by atoms with E-state index in [1.165, 1.54) is 6.07 Å². The Hall–Kier alpha value is -2.63. The zero-order valence-electron chi connectivity index (χ0n) is 21.5. The van der Waals surface area contributed by atoms with Crippen LogP contribution in [-0.4, -0.2) is 59.7 Å². The topological polar surface area (TPSA) is 152 Å². The number of nitrogens with two attached hydrogens (primary N) is 1. The first-order chi connectivity index (χ1) is 16.3. The molecule has 0 spiro atoms. The minimum absolute atomic E-state index is 0.0301. The van der Waals surface area contributed by atoms with Crippen LogP contribution in [0.3, 0.4) is 0 Å². The SMILES string of the molecule is C=C(Cl)C(=C)C(=O)O.CC(C)(C)OC(=O)N1CC(CCCNc2cccc(S(N)(=O)=O)n2)CC1(C)C. The Kier molecular flexibility index (Phi) is 11.0. The van der Waals surface area contributed by atoms with Crippen LogP contribution in [0.2, 0.25) is 0 Å². The first-order valence-corrected chi connectivity index (χ1v) is 13.3. The third-order valence-corrected chi connectivity index (χ3v) is 6.31. The van der Waals surface area contributed by atoms with Crippen molar-refractivity contribution >= 4 is 39.5 Å². The van der Waals surface area contributed by atoms with Gasteiger partial charge in [0.15, 0.2) is 5.03 Å². The molecule has 1 aliphatic heterocycles. The highest BCUT2D eigenvalue weighted by atomic mass is 35.5. The summed E-state index contributed by atoms with van der Waals surface area (Å²) in [6.07, 6.45) is 2.49. The number of likely N-dealkylation sites (tertiary alicyclic amines) is 1. The van der Waals surface area contributed by atoms with Gasteiger partial charge in [0.25, 0.3) is 10.0 Å². The first kappa shape index (κ1) is 31.4. The van der Waals surface area contributed by atoms with Crippen molar-refractivity contribution in [3.05, 3.63) is 42.0 Å². The number of sulfonamides is 1. The number of primary sulfonamides is 1. The van der Waals surface area contributed by atoms with Crippen LogP contribution in [0.1, 0.15) is 53.9 Å². The molecule has 1 aliphatic rings. The van der Waals surface area contributed by atoms with E-state index in [9.17, 15) is 18.0 Å². The zero-order chi connectivity index (χ0) is 27.9. The molecule has 0 bridgehead atoms. The van der Waals surface area contributed by atoms with Crippen molar-refractivity contribution in [3.8, 4) is 0 Å². The Bertz CT molecular complexity index is 1070. The Morgan fingerprint density at radius 1 is 1.33 bits per heavy atom. The van der Waals surface area contributed by atoms with E-state index in [-0.39, 0.29) is 27.3 Å². The molecule has 4 N–H and O–H groups in total. The van der Waals surface area contributed by atoms with Crippen LogP contribution in [0.5, 0.6) is 0 Å². The predicted octanol–water partition coefficient (Wildman–Crippen LogP) is 4.34. The van der Waals surface area contributed by atoms with E-state index in [4.69, 9.17) is 26.6 Å². The van der Waals surface area contributed by atoms with Crippen molar-refractivity contribution < 1.29 is 27.9 Å². The summed E-state index contributed by atoms with van der Waals surface area (Å²) in [7, 11) is -3.81. The number of aliphatic carboxylic acids is 1. The largest absolute Gasteiger partial charge is 0.478 e. The van der Waals surface area contributed by atoms with Gasteiger partial charge in [0.1, 0.15) is 11.4 Å². The molecule has 2 rings (SSSR count). The molecule has 1 amide bonds. The number of pyridine rings is 1. The fourth-order valence-electron chi connectivity index (χ4n) is 3.61. The Labute approximate surface area is 218 Å². The summed E-state index contributed by atoms with van der Waals surface area (Å²) in [6.45, 7) is 17.4. The highest BCUT2D eigenvalue weighted by Gasteiger charge is 2.42. The van der Waals surface area contributed by atoms with Gasteiger partial charge in [-0.2, -0.15) is 0 Å². The fourth-order valence-corrected chi connectivity index (χ4v) is 4.19. The van der Waals surface area contributed by atoms with E-state index in [1.54, 1.807) is 12.1 Å². The summed E-state index contributed by atoms with van der Waals surface area (Å²) < 4.78 is 28.3. The second kappa shape index (κ2) is 12.6. The molecule has 2 heterocycles. The minimum atomic E-state index is -3.81. The van der Waals surface area contributed by atoms with Crippen LogP contribution in [0.15, 0.2) is 47.0 Å². The third-order valence-electron chi connectivity index (χ3n) is 5.27. The summed E-state index contributed by atoms with van der Waals surface area (Å²) in [5.74, 6) is -0.258. The molecule has 0 radical (unpaired) electrons. The van der Waals surface area contributed by atoms with Crippen LogP contribution in [-0.2, 0) is 19.6 Å². The standard InChI is InChI=1S/C19H32N4O4S.C5H5ClO2/c1-18(2,3)27-17(24)23-13-14(12-19(23,4)5)8-7-11-21-15-9-6-10-16(22-15)28(20,25)26;1-3(4(2)6)5(7)8/h6,9-10,14H,7-8,11-13H2,1-5H3,(H,21,22)(H2,20,25,26);1-2H2,(H,7,8). The summed E-state index contributed by atoms with van der Waals surface area (Å²) in [5.41, 5.74) is -0.897. The molecule has 1 atom stereocenters. The summed E-state index contributed by atoms with van der Waals surface area (Å²) >= 11 is 5.15. The molecule has 1 aromatic heterocycles. The van der Waals surface area contributed by atoms with E-state index < -0.39 is 21.6 Å². The lowest BCUT2D eigenvalue weighted by Gasteiger charge is -2.33. The number of carbonyl (C=O) groups excluding carboxylic acids is 1. The van der Waals surface area contributed by atoms with E-state index in [0.29, 0.717) is 24.8 Å². The normalized spacial score (nSPS) is 17.0. The van der Waals surface area contributed by atoms with Crippen LogP contribution < -0.4 is 10.5 Å². The molecular formula is C24H37ClN4O6S. The van der Waals surface area contributed by atoms with Crippen LogP contribution in [0, 0.1) is 5.92 Å². The molecule has 0 aliphatic carbocycles. The molecule has 1 fully saturated rings. The van der Waals surface area contributed by atoms with Crippen LogP contribution in [0.25, 0.3) is 0 Å². The number of carbonyl (C=O) groups is 2. The van der Waals surface area contributed by atoms with Gasteiger partial charge in [-0.15, -0.1) is 0 Å². The molecule has 12 heteroatoms. The number of ether oxygens (including phenoxy) is 1. The lowest BCUT2D eigenvalue weighted by molar-refractivity contribution is -0.132. The smallest absolute Gasteiger partial charge is 0.410 e. The van der Waals surface area contributed by atoms with Gasteiger partial charge >= 0.3 is 12.1 Å². The Morgan fingerprint density at radius 3 is 2.42 bits per heavy atom. The number of hydrogen-bond acceptors (Lipinski definition) is 7. The second-order valence-electron chi connectivity index (χ2n) is 10.1. The van der Waals surface area contributed by atoms with Crippen LogP contribution >= 0.6 is 11.6 Å². The van der Waals surface area contributed by atoms with Gasteiger partial charge in [0, 0.05) is 23.7 Å². The fraction of sp³-hybridized carbons (Fsp3) is 0.542. The molecule has 10 nitrogen and oxygen atoms in total. The van der Waals surface area contributed by atoms with E-state index >= 15 is 0 Å². The first-order valence-electron chi connectivity index (χ1n) is 11.3. The maximum atomic E-state index is 12.5. The van der Waals surface area contributed by atoms with Crippen LogP contribution in [0.4, 0.5) is 10.6 Å². The molecule has 0 saturated carbocycles. The number of rotatable bonds is 8. The quantitative estimate of drug-likeness (QED) is 0.248. The Morgan fingerprint density at radius 2 is 1.94 bits per heavy atom. The van der Waals surface area contributed by atoms with Crippen molar-refractivity contribution in [1.82, 2.24) is 9.88 Å². The van der Waals surface area contributed by atoms with Crippen molar-refractivity contribution in [2.75, 3.05) is 18.4 Å². The number of amides is 1. The van der Waals surface area contributed by atoms with Crippen molar-refractivity contribution in [2.45, 2.75) is 70.0 Å². The molecule has 202 valence electrons. The number of hydrogen-bond donors (Lipinski definition) is 3. The van der Waals surface area contributed by atoms with E-state index in [2.05, 4.69) is 37.3 Å². The Balaban J connectivity index is 0.000000697. The minimum Gasteiger partial charge on any atom is -0.478 e. The highest BCUT2D eigenvalue weighted by molar-refractivity contribution is 7.89. The third kappa shape index (κ3) is 10.5. The number of carboxylic acids is 1. The molecular weight excluding hydrogens is 508 g/mol. The van der Waals surface area contributed by atoms with Gasteiger partial charge in [-0.3, -0.25) is 0 Å². The van der Waals surface area contributed by atoms with Gasteiger partial charge in [-0.1, -0.05) is 30.8 Å². The molecule has 0 aromatic carbocycles. The average molecular weight is 545 g/mol. The van der Waals surface area contributed by atoms with E-state index in [1.807, 2.05) is 25.7 Å². The lowest BCUT2D eigenvalue weighted by Crippen LogP contribution is -2.45. The van der Waals surface area contributed by atoms with Gasteiger partial charge in [-0.25, -0.2) is 28.1 Å². The molecule has 1 saturated heterocycles. The molecule has 1 unspecified atom stereocenters. The van der Waals surface area contributed by atoms with Crippen molar-refractivity contribution in [3.63, 3.8) is 0 Å². The van der Waals surface area contributed by atoms with E-state index in [0.717, 1.165) is 19.3 Å². The van der Waals surface area contributed by atoms with Gasteiger partial charge in [-0.05, 0) is 71.9 Å². The number of aromatic nitrogens is 1.